The fraction of sp³-hybridized carbons (Fsp3) is 0.562. The van der Waals surface area contributed by atoms with Gasteiger partial charge < -0.3 is 11.1 Å². The molecule has 1 fully saturated rings. The first-order valence-corrected chi connectivity index (χ1v) is 8.01. The summed E-state index contributed by atoms with van der Waals surface area (Å²) >= 11 is 3.45. The largest absolute Gasteiger partial charge is 0.352 e. The first-order valence-electron chi connectivity index (χ1n) is 7.22. The second-order valence-electron chi connectivity index (χ2n) is 6.09. The Morgan fingerprint density at radius 2 is 2.19 bits per heavy atom. The number of halogens is 2. The lowest BCUT2D eigenvalue weighted by Crippen LogP contribution is -2.52. The molecule has 1 amide bonds. The smallest absolute Gasteiger partial charge is 0.225 e. The summed E-state index contributed by atoms with van der Waals surface area (Å²) in [5.41, 5.74) is 8.24. The summed E-state index contributed by atoms with van der Waals surface area (Å²) < 4.78 is 1.06. The van der Waals surface area contributed by atoms with E-state index in [2.05, 4.69) is 34.2 Å². The number of nitrogens with two attached hydrogens (primary N) is 1. The van der Waals surface area contributed by atoms with Crippen molar-refractivity contribution in [1.82, 2.24) is 5.32 Å². The molecule has 2 atom stereocenters. The van der Waals surface area contributed by atoms with Crippen molar-refractivity contribution in [3.8, 4) is 0 Å². The van der Waals surface area contributed by atoms with Gasteiger partial charge in [-0.3, -0.25) is 4.79 Å². The van der Waals surface area contributed by atoms with E-state index in [4.69, 9.17) is 5.73 Å². The highest BCUT2D eigenvalue weighted by Crippen LogP contribution is 2.31. The zero-order chi connectivity index (χ0) is 14.8. The summed E-state index contributed by atoms with van der Waals surface area (Å²) in [6, 6.07) is 6.11. The van der Waals surface area contributed by atoms with Crippen LogP contribution in [0.3, 0.4) is 0 Å². The monoisotopic (exact) mass is 374 g/mol. The summed E-state index contributed by atoms with van der Waals surface area (Å²) in [5, 5.41) is 3.05. The molecule has 1 aliphatic rings. The van der Waals surface area contributed by atoms with E-state index < -0.39 is 0 Å². The number of hydrogen-bond acceptors (Lipinski definition) is 2. The highest BCUT2D eigenvalue weighted by atomic mass is 79.9. The number of benzene rings is 1. The summed E-state index contributed by atoms with van der Waals surface area (Å²) in [6.45, 7) is 4.63. The van der Waals surface area contributed by atoms with Crippen LogP contribution in [-0.4, -0.2) is 11.4 Å². The molecule has 0 aliphatic heterocycles. The summed E-state index contributed by atoms with van der Waals surface area (Å²) in [4.78, 5) is 12.4. The van der Waals surface area contributed by atoms with Gasteiger partial charge in [0, 0.05) is 16.6 Å². The van der Waals surface area contributed by atoms with Crippen molar-refractivity contribution >= 4 is 34.2 Å². The third-order valence-corrected chi connectivity index (χ3v) is 4.82. The third kappa shape index (κ3) is 4.70. The van der Waals surface area contributed by atoms with Crippen molar-refractivity contribution in [2.45, 2.75) is 51.6 Å². The van der Waals surface area contributed by atoms with Gasteiger partial charge >= 0.3 is 0 Å². The van der Waals surface area contributed by atoms with E-state index in [1.807, 2.05) is 19.1 Å². The van der Waals surface area contributed by atoms with Crippen LogP contribution in [0, 0.1) is 12.8 Å². The molecule has 0 spiro atoms. The molecule has 0 bridgehead atoms. The van der Waals surface area contributed by atoms with E-state index in [9.17, 15) is 4.79 Å². The Bertz CT molecular complexity index is 505. The number of aryl methyl sites for hydroxylation is 1. The third-order valence-electron chi connectivity index (χ3n) is 4.33. The molecule has 1 aromatic rings. The number of carbonyl (C=O) groups excluding carboxylic acids is 1. The predicted octanol–water partition coefficient (Wildman–Crippen LogP) is 3.70. The molecule has 3 nitrogen and oxygen atoms in total. The maximum absolute atomic E-state index is 12.4. The predicted molar refractivity (Wildman–Crippen MR) is 92.5 cm³/mol. The minimum Gasteiger partial charge on any atom is -0.352 e. The Hall–Kier alpha value is -0.580. The van der Waals surface area contributed by atoms with E-state index >= 15 is 0 Å². The van der Waals surface area contributed by atoms with Gasteiger partial charge in [0.2, 0.25) is 5.91 Å². The molecular formula is C16H24BrClN2O. The SMILES string of the molecule is Cc1cc(Br)ccc1CNC(=O)C1CCCCC1(C)N.Cl. The average molecular weight is 376 g/mol. The average Bonchev–Trinajstić information content (AvgIpc) is 2.37. The topological polar surface area (TPSA) is 55.1 Å². The Kier molecular flexibility index (Phi) is 6.70. The van der Waals surface area contributed by atoms with Crippen LogP contribution in [0.4, 0.5) is 0 Å². The molecule has 1 aliphatic carbocycles. The lowest BCUT2D eigenvalue weighted by Gasteiger charge is -2.37. The van der Waals surface area contributed by atoms with Crippen molar-refractivity contribution in [3.63, 3.8) is 0 Å². The maximum atomic E-state index is 12.4. The van der Waals surface area contributed by atoms with Gasteiger partial charge in [0.15, 0.2) is 0 Å². The normalized spacial score (nSPS) is 25.0. The zero-order valence-electron chi connectivity index (χ0n) is 12.6. The molecule has 0 aromatic heterocycles. The minimum absolute atomic E-state index is 0. The molecule has 5 heteroatoms. The molecule has 118 valence electrons. The highest BCUT2D eigenvalue weighted by molar-refractivity contribution is 9.10. The molecule has 1 aromatic carbocycles. The zero-order valence-corrected chi connectivity index (χ0v) is 15.0. The highest BCUT2D eigenvalue weighted by Gasteiger charge is 2.37. The van der Waals surface area contributed by atoms with Crippen LogP contribution in [0.15, 0.2) is 22.7 Å². The molecule has 1 saturated carbocycles. The fourth-order valence-corrected chi connectivity index (χ4v) is 3.43. The number of carbonyl (C=O) groups is 1. The van der Waals surface area contributed by atoms with Crippen molar-refractivity contribution < 1.29 is 4.79 Å². The molecule has 0 saturated heterocycles. The lowest BCUT2D eigenvalue weighted by atomic mass is 9.74. The number of hydrogen-bond donors (Lipinski definition) is 2. The molecule has 3 N–H and O–H groups in total. The number of amides is 1. The van der Waals surface area contributed by atoms with Crippen LogP contribution in [0.1, 0.15) is 43.7 Å². The molecule has 0 heterocycles. The molecular weight excluding hydrogens is 352 g/mol. The van der Waals surface area contributed by atoms with Crippen molar-refractivity contribution in [2.75, 3.05) is 0 Å². The van der Waals surface area contributed by atoms with Gasteiger partial charge in [0.25, 0.3) is 0 Å². The van der Waals surface area contributed by atoms with Crippen LogP contribution in [0.2, 0.25) is 0 Å². The van der Waals surface area contributed by atoms with Gasteiger partial charge in [0.1, 0.15) is 0 Å². The van der Waals surface area contributed by atoms with E-state index in [-0.39, 0.29) is 29.8 Å². The van der Waals surface area contributed by atoms with Crippen molar-refractivity contribution in [1.29, 1.82) is 0 Å². The standard InChI is InChI=1S/C16H23BrN2O.ClH/c1-11-9-13(17)7-6-12(11)10-19-15(20)14-5-3-4-8-16(14,2)18;/h6-7,9,14H,3-5,8,10,18H2,1-2H3,(H,19,20);1H. The molecule has 21 heavy (non-hydrogen) atoms. The second-order valence-corrected chi connectivity index (χ2v) is 7.01. The van der Waals surface area contributed by atoms with E-state index in [1.54, 1.807) is 0 Å². The number of nitrogens with one attached hydrogen (secondary N) is 1. The van der Waals surface area contributed by atoms with Gasteiger partial charge in [-0.05, 0) is 49.9 Å². The van der Waals surface area contributed by atoms with Crippen LogP contribution < -0.4 is 11.1 Å². The first kappa shape index (κ1) is 18.5. The Morgan fingerprint density at radius 3 is 2.81 bits per heavy atom. The van der Waals surface area contributed by atoms with E-state index in [1.165, 1.54) is 5.56 Å². The summed E-state index contributed by atoms with van der Waals surface area (Å²) in [6.07, 6.45) is 4.06. The first-order chi connectivity index (χ1) is 9.40. The van der Waals surface area contributed by atoms with E-state index in [0.29, 0.717) is 6.54 Å². The molecule has 2 unspecified atom stereocenters. The van der Waals surface area contributed by atoms with Crippen molar-refractivity contribution in [2.24, 2.45) is 11.7 Å². The van der Waals surface area contributed by atoms with Crippen molar-refractivity contribution in [3.05, 3.63) is 33.8 Å². The van der Waals surface area contributed by atoms with Gasteiger partial charge in [-0.1, -0.05) is 34.8 Å². The summed E-state index contributed by atoms with van der Waals surface area (Å²) in [5.74, 6) is 0.0315. The van der Waals surface area contributed by atoms with Gasteiger partial charge in [0.05, 0.1) is 5.92 Å². The lowest BCUT2D eigenvalue weighted by molar-refractivity contribution is -0.128. The summed E-state index contributed by atoms with van der Waals surface area (Å²) in [7, 11) is 0. The van der Waals surface area contributed by atoms with Crippen LogP contribution >= 0.6 is 28.3 Å². The van der Waals surface area contributed by atoms with Crippen LogP contribution in [0.25, 0.3) is 0 Å². The maximum Gasteiger partial charge on any atom is 0.225 e. The Labute approximate surface area is 141 Å². The Balaban J connectivity index is 0.00000220. The van der Waals surface area contributed by atoms with Gasteiger partial charge in [-0.15, -0.1) is 12.4 Å². The van der Waals surface area contributed by atoms with Crippen LogP contribution in [0.5, 0.6) is 0 Å². The minimum atomic E-state index is -0.364. The molecule has 2 rings (SSSR count). The van der Waals surface area contributed by atoms with Crippen LogP contribution in [-0.2, 0) is 11.3 Å². The van der Waals surface area contributed by atoms with E-state index in [0.717, 1.165) is 35.7 Å². The number of rotatable bonds is 3. The second kappa shape index (κ2) is 7.61. The quantitative estimate of drug-likeness (QED) is 0.846. The van der Waals surface area contributed by atoms with Gasteiger partial charge in [-0.25, -0.2) is 0 Å². The Morgan fingerprint density at radius 1 is 1.48 bits per heavy atom. The molecule has 0 radical (unpaired) electrons. The van der Waals surface area contributed by atoms with Gasteiger partial charge in [-0.2, -0.15) is 0 Å². The fourth-order valence-electron chi connectivity index (χ4n) is 2.95.